The van der Waals surface area contributed by atoms with Crippen LogP contribution in [-0.4, -0.2) is 24.8 Å². The highest BCUT2D eigenvalue weighted by Crippen LogP contribution is 2.21. The number of unbranched alkanes of at least 4 members (excludes halogenated alkanes) is 11. The Labute approximate surface area is 277 Å². The number of esters is 2. The van der Waals surface area contributed by atoms with Crippen LogP contribution in [0.5, 0.6) is 17.2 Å². The van der Waals surface area contributed by atoms with Gasteiger partial charge in [-0.1, -0.05) is 77.6 Å². The van der Waals surface area contributed by atoms with E-state index in [4.69, 9.17) is 14.2 Å². The van der Waals surface area contributed by atoms with Crippen molar-refractivity contribution in [1.29, 1.82) is 0 Å². The summed E-state index contributed by atoms with van der Waals surface area (Å²) < 4.78 is 16.8. The first-order valence-electron chi connectivity index (χ1n) is 16.5. The number of carbonyl (C=O) groups is 2. The monoisotopic (exact) mass is 639 g/mol. The zero-order valence-electron chi connectivity index (χ0n) is 26.8. The molecule has 1 heterocycles. The zero-order valence-corrected chi connectivity index (χ0v) is 27.6. The van der Waals surface area contributed by atoms with Gasteiger partial charge in [0, 0.05) is 11.6 Å². The van der Waals surface area contributed by atoms with Gasteiger partial charge in [0.2, 0.25) is 0 Å². The van der Waals surface area contributed by atoms with Crippen molar-refractivity contribution in [3.63, 3.8) is 0 Å². The Kier molecular flexibility index (Phi) is 15.1. The van der Waals surface area contributed by atoms with E-state index in [1.807, 2.05) is 29.6 Å². The molecule has 0 fully saturated rings. The van der Waals surface area contributed by atoms with Crippen LogP contribution in [0.15, 0.2) is 94.6 Å². The molecule has 0 bridgehead atoms. The van der Waals surface area contributed by atoms with Crippen molar-refractivity contribution in [3.05, 3.63) is 106 Å². The van der Waals surface area contributed by atoms with Gasteiger partial charge in [-0.3, -0.25) is 4.99 Å². The molecule has 242 valence electrons. The summed E-state index contributed by atoms with van der Waals surface area (Å²) in [5, 5.41) is 3.59. The molecule has 0 aliphatic rings. The maximum Gasteiger partial charge on any atom is 0.344 e. The van der Waals surface area contributed by atoms with Crippen molar-refractivity contribution in [3.8, 4) is 17.2 Å². The average Bonchev–Trinajstić information content (AvgIpc) is 3.63. The van der Waals surface area contributed by atoms with Crippen molar-refractivity contribution in [2.75, 3.05) is 6.61 Å². The number of nitrogens with zero attached hydrogens (tertiary/aromatic N) is 1. The van der Waals surface area contributed by atoms with Gasteiger partial charge in [0.05, 0.1) is 23.4 Å². The molecule has 0 aliphatic carbocycles. The summed E-state index contributed by atoms with van der Waals surface area (Å²) in [7, 11) is 0. The Morgan fingerprint density at radius 2 is 1.13 bits per heavy atom. The zero-order chi connectivity index (χ0) is 32.2. The number of hydrogen-bond acceptors (Lipinski definition) is 7. The molecule has 0 N–H and O–H groups in total. The molecule has 6 nitrogen and oxygen atoms in total. The van der Waals surface area contributed by atoms with Gasteiger partial charge in [-0.15, -0.1) is 0 Å². The summed E-state index contributed by atoms with van der Waals surface area (Å²) in [6.07, 6.45) is 17.5. The first-order valence-corrected chi connectivity index (χ1v) is 17.5. The number of hydrogen-bond donors (Lipinski definition) is 0. The molecule has 7 heteroatoms. The topological polar surface area (TPSA) is 74.2 Å². The Bertz CT molecular complexity index is 1460. The number of aliphatic imine (C=N–C) groups is 1. The average molecular weight is 640 g/mol. The Morgan fingerprint density at radius 3 is 1.70 bits per heavy atom. The molecule has 0 saturated carbocycles. The van der Waals surface area contributed by atoms with E-state index < -0.39 is 5.97 Å². The largest absolute Gasteiger partial charge is 0.494 e. The SMILES string of the molecule is CCCCCCCCCCCCCCOc1ccc(C(=O)Oc2ccc(N=Cc3ccc(OC(=O)c4ccsc4)cc3)cc2)cc1. The molecule has 0 aliphatic heterocycles. The first-order chi connectivity index (χ1) is 22.6. The van der Waals surface area contributed by atoms with Crippen molar-refractivity contribution in [2.24, 2.45) is 4.99 Å². The minimum atomic E-state index is -0.427. The van der Waals surface area contributed by atoms with Gasteiger partial charge in [-0.2, -0.15) is 11.3 Å². The van der Waals surface area contributed by atoms with E-state index in [1.54, 1.807) is 66.2 Å². The highest BCUT2D eigenvalue weighted by atomic mass is 32.1. The smallest absolute Gasteiger partial charge is 0.344 e. The van der Waals surface area contributed by atoms with Gasteiger partial charge < -0.3 is 14.2 Å². The van der Waals surface area contributed by atoms with E-state index in [1.165, 1.54) is 82.0 Å². The van der Waals surface area contributed by atoms with Gasteiger partial charge in [-0.05, 0) is 96.2 Å². The van der Waals surface area contributed by atoms with Gasteiger partial charge in [-0.25, -0.2) is 9.59 Å². The van der Waals surface area contributed by atoms with E-state index >= 15 is 0 Å². The fraction of sp³-hybridized carbons (Fsp3) is 0.359. The predicted molar refractivity (Wildman–Crippen MR) is 187 cm³/mol. The quantitative estimate of drug-likeness (QED) is 0.0416. The lowest BCUT2D eigenvalue weighted by Gasteiger charge is -2.08. The van der Waals surface area contributed by atoms with Crippen LogP contribution in [0, 0.1) is 0 Å². The normalized spacial score (nSPS) is 11.1. The van der Waals surface area contributed by atoms with Crippen molar-refractivity contribution < 1.29 is 23.8 Å². The summed E-state index contributed by atoms with van der Waals surface area (Å²) >= 11 is 1.45. The fourth-order valence-corrected chi connectivity index (χ4v) is 5.53. The Balaban J connectivity index is 1.10. The molecule has 0 spiro atoms. The van der Waals surface area contributed by atoms with Crippen LogP contribution in [0.2, 0.25) is 0 Å². The van der Waals surface area contributed by atoms with Crippen LogP contribution in [0.4, 0.5) is 5.69 Å². The molecule has 46 heavy (non-hydrogen) atoms. The molecule has 3 aromatic carbocycles. The lowest BCUT2D eigenvalue weighted by atomic mass is 10.1. The third kappa shape index (κ3) is 12.6. The van der Waals surface area contributed by atoms with Crippen LogP contribution in [0.3, 0.4) is 0 Å². The third-order valence-corrected chi connectivity index (χ3v) is 8.30. The number of thiophene rings is 1. The van der Waals surface area contributed by atoms with E-state index in [2.05, 4.69) is 11.9 Å². The second-order valence-corrected chi connectivity index (χ2v) is 12.2. The second-order valence-electron chi connectivity index (χ2n) is 11.4. The number of benzene rings is 3. The summed E-state index contributed by atoms with van der Waals surface area (Å²) in [6, 6.07) is 22.9. The minimum Gasteiger partial charge on any atom is -0.494 e. The summed E-state index contributed by atoms with van der Waals surface area (Å²) in [5.41, 5.74) is 2.56. The van der Waals surface area contributed by atoms with E-state index in [9.17, 15) is 9.59 Å². The predicted octanol–water partition coefficient (Wildman–Crippen LogP) is 11.0. The summed E-state index contributed by atoms with van der Waals surface area (Å²) in [4.78, 5) is 29.2. The van der Waals surface area contributed by atoms with Crippen LogP contribution in [-0.2, 0) is 0 Å². The van der Waals surface area contributed by atoms with Crippen LogP contribution in [0.1, 0.15) is 110 Å². The van der Waals surface area contributed by atoms with Gasteiger partial charge in [0.15, 0.2) is 0 Å². The number of ether oxygens (including phenoxy) is 3. The summed E-state index contributed by atoms with van der Waals surface area (Å²) in [6.45, 7) is 2.95. The molecule has 0 amide bonds. The molecule has 0 unspecified atom stereocenters. The van der Waals surface area contributed by atoms with E-state index in [0.717, 1.165) is 17.7 Å². The van der Waals surface area contributed by atoms with Crippen LogP contribution in [0.25, 0.3) is 0 Å². The molecule has 1 aromatic heterocycles. The van der Waals surface area contributed by atoms with Crippen LogP contribution >= 0.6 is 11.3 Å². The van der Waals surface area contributed by atoms with Gasteiger partial charge in [0.25, 0.3) is 0 Å². The van der Waals surface area contributed by atoms with E-state index in [-0.39, 0.29) is 5.97 Å². The van der Waals surface area contributed by atoms with Gasteiger partial charge >= 0.3 is 11.9 Å². The highest BCUT2D eigenvalue weighted by Gasteiger charge is 2.10. The number of carbonyl (C=O) groups excluding carboxylic acids is 2. The lowest BCUT2D eigenvalue weighted by Crippen LogP contribution is -2.08. The maximum absolute atomic E-state index is 12.6. The van der Waals surface area contributed by atoms with E-state index in [0.29, 0.717) is 34.9 Å². The molecule has 0 radical (unpaired) electrons. The molecular formula is C39H45NO5S. The molecule has 4 aromatic rings. The highest BCUT2D eigenvalue weighted by molar-refractivity contribution is 7.08. The van der Waals surface area contributed by atoms with Gasteiger partial charge in [0.1, 0.15) is 17.2 Å². The molecule has 0 atom stereocenters. The second kappa shape index (κ2) is 20.0. The maximum atomic E-state index is 12.6. The minimum absolute atomic E-state index is 0.380. The molecule has 4 rings (SSSR count). The lowest BCUT2D eigenvalue weighted by molar-refractivity contribution is 0.0725. The molecular weight excluding hydrogens is 594 g/mol. The standard InChI is InChI=1S/C39H45NO5S/c1-2-3-4-5-6-7-8-9-10-11-12-13-27-43-35-22-16-32(17-23-35)38(41)44-37-24-18-34(19-25-37)40-29-31-14-20-36(21-15-31)45-39(42)33-26-28-46-30-33/h14-26,28-30H,2-13,27H2,1H3. The Morgan fingerprint density at radius 1 is 0.609 bits per heavy atom. The van der Waals surface area contributed by atoms with Crippen molar-refractivity contribution in [1.82, 2.24) is 0 Å². The Hall–Kier alpha value is -4.23. The third-order valence-electron chi connectivity index (χ3n) is 7.61. The van der Waals surface area contributed by atoms with Crippen molar-refractivity contribution >= 4 is 35.2 Å². The number of rotatable bonds is 20. The molecule has 0 saturated heterocycles. The summed E-state index contributed by atoms with van der Waals surface area (Å²) in [5.74, 6) is 0.860. The van der Waals surface area contributed by atoms with Crippen LogP contribution < -0.4 is 14.2 Å². The fourth-order valence-electron chi connectivity index (χ4n) is 4.90. The van der Waals surface area contributed by atoms with Crippen molar-refractivity contribution in [2.45, 2.75) is 84.0 Å². The first kappa shape index (κ1) is 34.6.